The van der Waals surface area contributed by atoms with Gasteiger partial charge in [0.25, 0.3) is 0 Å². The largest absolute Gasteiger partial charge is 0.494 e. The van der Waals surface area contributed by atoms with Crippen LogP contribution in [0.25, 0.3) is 0 Å². The minimum Gasteiger partial charge on any atom is -0.494 e. The second-order valence-electron chi connectivity index (χ2n) is 5.13. The monoisotopic (exact) mass is 311 g/mol. The topological polar surface area (TPSA) is 38.3 Å². The first kappa shape index (κ1) is 17.8. The van der Waals surface area contributed by atoms with Crippen molar-refractivity contribution in [3.05, 3.63) is 29.8 Å². The molecule has 0 saturated heterocycles. The lowest BCUT2D eigenvalue weighted by Gasteiger charge is -2.09. The molecular formula is C17H26ClNO2. The summed E-state index contributed by atoms with van der Waals surface area (Å²) in [6.07, 6.45) is 6.00. The molecule has 1 N–H and O–H groups in total. The van der Waals surface area contributed by atoms with Gasteiger partial charge in [-0.3, -0.25) is 4.79 Å². The summed E-state index contributed by atoms with van der Waals surface area (Å²) >= 11 is 5.57. The average Bonchev–Trinajstić information content (AvgIpc) is 2.51. The zero-order valence-electron chi connectivity index (χ0n) is 12.9. The number of hydrogen-bond acceptors (Lipinski definition) is 2. The van der Waals surface area contributed by atoms with E-state index in [0.717, 1.165) is 24.3 Å². The van der Waals surface area contributed by atoms with Crippen LogP contribution in [0, 0.1) is 0 Å². The molecule has 21 heavy (non-hydrogen) atoms. The van der Waals surface area contributed by atoms with Crippen molar-refractivity contribution in [2.75, 3.05) is 12.5 Å². The molecule has 3 nitrogen and oxygen atoms in total. The van der Waals surface area contributed by atoms with Gasteiger partial charge in [0.15, 0.2) is 0 Å². The van der Waals surface area contributed by atoms with Gasteiger partial charge in [0.1, 0.15) is 5.75 Å². The number of rotatable bonds is 11. The fourth-order valence-corrected chi connectivity index (χ4v) is 2.11. The van der Waals surface area contributed by atoms with Crippen LogP contribution in [0.15, 0.2) is 24.3 Å². The predicted molar refractivity (Wildman–Crippen MR) is 87.9 cm³/mol. The Morgan fingerprint density at radius 2 is 2.10 bits per heavy atom. The standard InChI is InChI=1S/C17H26ClNO2/c1-2-3-4-5-12-21-16-9-6-8-15(13-16)14-19-17(20)10-7-11-18/h6,8-9,13H,2-5,7,10-12,14H2,1H3,(H,19,20). The van der Waals surface area contributed by atoms with Gasteiger partial charge in [-0.05, 0) is 30.5 Å². The molecule has 1 rings (SSSR count). The minimum absolute atomic E-state index is 0.0431. The molecule has 0 heterocycles. The van der Waals surface area contributed by atoms with Gasteiger partial charge in [0, 0.05) is 18.8 Å². The first-order valence-electron chi connectivity index (χ1n) is 7.80. The second-order valence-corrected chi connectivity index (χ2v) is 5.50. The number of nitrogens with one attached hydrogen (secondary N) is 1. The van der Waals surface area contributed by atoms with Gasteiger partial charge in [0.2, 0.25) is 5.91 Å². The van der Waals surface area contributed by atoms with E-state index in [4.69, 9.17) is 16.3 Å². The molecule has 0 spiro atoms. The summed E-state index contributed by atoms with van der Waals surface area (Å²) < 4.78 is 5.73. The maximum atomic E-state index is 11.5. The van der Waals surface area contributed by atoms with Gasteiger partial charge in [-0.15, -0.1) is 11.6 Å². The van der Waals surface area contributed by atoms with Crippen molar-refractivity contribution < 1.29 is 9.53 Å². The lowest BCUT2D eigenvalue weighted by molar-refractivity contribution is -0.121. The number of halogens is 1. The summed E-state index contributed by atoms with van der Waals surface area (Å²) in [5, 5.41) is 2.89. The number of unbranched alkanes of at least 4 members (excludes halogenated alkanes) is 3. The molecule has 0 unspecified atom stereocenters. The van der Waals surface area contributed by atoms with E-state index in [2.05, 4.69) is 12.2 Å². The molecule has 1 aromatic carbocycles. The zero-order chi connectivity index (χ0) is 15.3. The van der Waals surface area contributed by atoms with Crippen LogP contribution < -0.4 is 10.1 Å². The molecule has 4 heteroatoms. The molecule has 0 aliphatic rings. The van der Waals surface area contributed by atoms with Crippen LogP contribution in [-0.2, 0) is 11.3 Å². The highest BCUT2D eigenvalue weighted by Gasteiger charge is 2.02. The molecule has 0 saturated carbocycles. The number of carbonyl (C=O) groups is 1. The Labute approximate surface area is 133 Å². The van der Waals surface area contributed by atoms with E-state index in [1.807, 2.05) is 24.3 Å². The van der Waals surface area contributed by atoms with E-state index in [0.29, 0.717) is 25.3 Å². The summed E-state index contributed by atoms with van der Waals surface area (Å²) in [6, 6.07) is 7.90. The van der Waals surface area contributed by atoms with Gasteiger partial charge < -0.3 is 10.1 Å². The van der Waals surface area contributed by atoms with Crippen molar-refractivity contribution >= 4 is 17.5 Å². The fourth-order valence-electron chi connectivity index (χ4n) is 1.98. The lowest BCUT2D eigenvalue weighted by atomic mass is 10.2. The quantitative estimate of drug-likeness (QED) is 0.489. The predicted octanol–water partition coefficient (Wildman–Crippen LogP) is 4.28. The normalized spacial score (nSPS) is 10.4. The Kier molecular flexibility index (Phi) is 9.71. The highest BCUT2D eigenvalue weighted by atomic mass is 35.5. The van der Waals surface area contributed by atoms with Crippen molar-refractivity contribution in [3.8, 4) is 5.75 Å². The molecule has 0 fully saturated rings. The Morgan fingerprint density at radius 1 is 1.24 bits per heavy atom. The van der Waals surface area contributed by atoms with E-state index in [9.17, 15) is 4.79 Å². The van der Waals surface area contributed by atoms with Crippen LogP contribution in [0.1, 0.15) is 51.0 Å². The van der Waals surface area contributed by atoms with Crippen molar-refractivity contribution in [2.45, 2.75) is 52.0 Å². The van der Waals surface area contributed by atoms with E-state index < -0.39 is 0 Å². The van der Waals surface area contributed by atoms with Gasteiger partial charge in [-0.2, -0.15) is 0 Å². The minimum atomic E-state index is 0.0431. The van der Waals surface area contributed by atoms with E-state index >= 15 is 0 Å². The smallest absolute Gasteiger partial charge is 0.220 e. The molecule has 1 amide bonds. The number of ether oxygens (including phenoxy) is 1. The van der Waals surface area contributed by atoms with E-state index in [-0.39, 0.29) is 5.91 Å². The van der Waals surface area contributed by atoms with Crippen LogP contribution in [0.3, 0.4) is 0 Å². The summed E-state index contributed by atoms with van der Waals surface area (Å²) in [7, 11) is 0. The average molecular weight is 312 g/mol. The van der Waals surface area contributed by atoms with Crippen LogP contribution in [0.5, 0.6) is 5.75 Å². The molecule has 118 valence electrons. The highest BCUT2D eigenvalue weighted by molar-refractivity contribution is 6.17. The Bertz CT molecular complexity index is 410. The molecule has 0 bridgehead atoms. The third-order valence-electron chi connectivity index (χ3n) is 3.19. The Hall–Kier alpha value is -1.22. The van der Waals surface area contributed by atoms with Gasteiger partial charge in [-0.25, -0.2) is 0 Å². The number of carbonyl (C=O) groups excluding carboxylic acids is 1. The molecule has 0 aliphatic carbocycles. The van der Waals surface area contributed by atoms with Crippen LogP contribution >= 0.6 is 11.6 Å². The number of hydrogen-bond donors (Lipinski definition) is 1. The highest BCUT2D eigenvalue weighted by Crippen LogP contribution is 2.14. The van der Waals surface area contributed by atoms with Crippen LogP contribution in [-0.4, -0.2) is 18.4 Å². The zero-order valence-corrected chi connectivity index (χ0v) is 13.6. The van der Waals surface area contributed by atoms with Crippen LogP contribution in [0.4, 0.5) is 0 Å². The maximum absolute atomic E-state index is 11.5. The van der Waals surface area contributed by atoms with Gasteiger partial charge in [0.05, 0.1) is 6.61 Å². The molecule has 0 atom stereocenters. The first-order chi connectivity index (χ1) is 10.3. The fraction of sp³-hybridized carbons (Fsp3) is 0.588. The SMILES string of the molecule is CCCCCCOc1cccc(CNC(=O)CCCCl)c1. The summed E-state index contributed by atoms with van der Waals surface area (Å²) in [5.41, 5.74) is 1.06. The first-order valence-corrected chi connectivity index (χ1v) is 8.34. The summed E-state index contributed by atoms with van der Waals surface area (Å²) in [4.78, 5) is 11.5. The number of amides is 1. The lowest BCUT2D eigenvalue weighted by Crippen LogP contribution is -2.22. The molecule has 0 aliphatic heterocycles. The summed E-state index contributed by atoms with van der Waals surface area (Å²) in [6.45, 7) is 3.49. The van der Waals surface area contributed by atoms with Gasteiger partial charge in [-0.1, -0.05) is 38.3 Å². The molecular weight excluding hydrogens is 286 g/mol. The molecule has 0 radical (unpaired) electrons. The molecule has 1 aromatic rings. The van der Waals surface area contributed by atoms with Crippen molar-refractivity contribution in [1.82, 2.24) is 5.32 Å². The van der Waals surface area contributed by atoms with Gasteiger partial charge >= 0.3 is 0 Å². The Morgan fingerprint density at radius 3 is 2.86 bits per heavy atom. The van der Waals surface area contributed by atoms with E-state index in [1.165, 1.54) is 19.3 Å². The van der Waals surface area contributed by atoms with E-state index in [1.54, 1.807) is 0 Å². The van der Waals surface area contributed by atoms with Crippen molar-refractivity contribution in [1.29, 1.82) is 0 Å². The Balaban J connectivity index is 2.29. The molecule has 0 aromatic heterocycles. The second kappa shape index (κ2) is 11.4. The third-order valence-corrected chi connectivity index (χ3v) is 3.46. The van der Waals surface area contributed by atoms with Crippen molar-refractivity contribution in [2.24, 2.45) is 0 Å². The third kappa shape index (κ3) is 8.61. The summed E-state index contributed by atoms with van der Waals surface area (Å²) in [5.74, 6) is 1.44. The maximum Gasteiger partial charge on any atom is 0.220 e. The van der Waals surface area contributed by atoms with Crippen molar-refractivity contribution in [3.63, 3.8) is 0 Å². The number of alkyl halides is 1. The van der Waals surface area contributed by atoms with Crippen LogP contribution in [0.2, 0.25) is 0 Å². The number of benzene rings is 1.